The monoisotopic (exact) mass is 1070 g/mol. The Labute approximate surface area is 491 Å². The van der Waals surface area contributed by atoms with E-state index < -0.39 is 0 Å². The van der Waals surface area contributed by atoms with E-state index in [4.69, 9.17) is 9.97 Å². The molecule has 0 saturated heterocycles. The van der Waals surface area contributed by atoms with Gasteiger partial charge in [0.1, 0.15) is 0 Å². The van der Waals surface area contributed by atoms with Gasteiger partial charge in [0.25, 0.3) is 0 Å². The van der Waals surface area contributed by atoms with Crippen LogP contribution >= 0.6 is 0 Å². The third-order valence-corrected chi connectivity index (χ3v) is 15.7. The van der Waals surface area contributed by atoms with Crippen molar-refractivity contribution >= 4 is 45.2 Å². The Bertz CT molecular complexity index is 4110. The highest BCUT2D eigenvalue weighted by Crippen LogP contribution is 2.42. The van der Waals surface area contributed by atoms with Crippen LogP contribution in [0.2, 0.25) is 0 Å². The van der Waals surface area contributed by atoms with E-state index >= 15 is 0 Å². The van der Waals surface area contributed by atoms with E-state index in [1.165, 1.54) is 11.1 Å². The summed E-state index contributed by atoms with van der Waals surface area (Å²) in [7, 11) is 0. The zero-order valence-electron chi connectivity index (χ0n) is 46.1. The van der Waals surface area contributed by atoms with Crippen LogP contribution in [0.5, 0.6) is 0 Å². The van der Waals surface area contributed by atoms with Gasteiger partial charge in [-0.15, -0.1) is 0 Å². The first-order chi connectivity index (χ1) is 41.6. The van der Waals surface area contributed by atoms with Crippen molar-refractivity contribution in [2.24, 2.45) is 0 Å². The maximum Gasteiger partial charge on any atom is 0.0979 e. The smallest absolute Gasteiger partial charge is 0.0979 e. The van der Waals surface area contributed by atoms with Gasteiger partial charge in [-0.05, 0) is 128 Å². The molecule has 0 saturated carbocycles. The number of hydrogen-bond acceptors (Lipinski definition) is 4. The Morgan fingerprint density at radius 2 is 0.345 bits per heavy atom. The zero-order chi connectivity index (χ0) is 56.0. The van der Waals surface area contributed by atoms with Gasteiger partial charge in [0, 0.05) is 56.4 Å². The standard InChI is InChI=1S/C80H56N4/c1-7-19-57(20-8-1)59-31-39-65(40-32-59)75-55-56-76(66-41-33-60(34-42-66)58-21-9-2-10-22-58)80-79(75)81-77(67-43-35-61(36-44-67)63-47-51-73(52-48-63)83(69-23-11-3-12-24-69)70-25-13-4-14-26-70)78(82-80)68-45-37-62(38-46-68)64-49-53-74(54-50-64)84(71-27-15-5-16-28-71)72-29-17-6-18-30-72/h1-56H. The molecule has 13 aromatic carbocycles. The molecule has 0 N–H and O–H groups in total. The van der Waals surface area contributed by atoms with Crippen LogP contribution in [0.4, 0.5) is 34.1 Å². The molecule has 4 nitrogen and oxygen atoms in total. The molecule has 0 unspecified atom stereocenters. The molecule has 0 spiro atoms. The van der Waals surface area contributed by atoms with Crippen molar-refractivity contribution in [3.8, 4) is 89.3 Å². The van der Waals surface area contributed by atoms with Crippen molar-refractivity contribution < 1.29 is 0 Å². The van der Waals surface area contributed by atoms with Crippen LogP contribution in [0.3, 0.4) is 0 Å². The van der Waals surface area contributed by atoms with Gasteiger partial charge in [-0.1, -0.05) is 267 Å². The molecular weight excluding hydrogens is 1020 g/mol. The third kappa shape index (κ3) is 10.4. The quantitative estimate of drug-likeness (QED) is 0.109. The second-order valence-corrected chi connectivity index (χ2v) is 20.9. The molecule has 14 rings (SSSR count). The lowest BCUT2D eigenvalue weighted by molar-refractivity contribution is 1.28. The van der Waals surface area contributed by atoms with Crippen molar-refractivity contribution in [1.29, 1.82) is 0 Å². The predicted molar refractivity (Wildman–Crippen MR) is 352 cm³/mol. The lowest BCUT2D eigenvalue weighted by atomic mass is 9.93. The number of para-hydroxylation sites is 4. The number of nitrogens with zero attached hydrogens (tertiary/aromatic N) is 4. The lowest BCUT2D eigenvalue weighted by Crippen LogP contribution is -2.09. The number of fused-ring (bicyclic) bond motifs is 1. The van der Waals surface area contributed by atoms with Crippen LogP contribution in [-0.4, -0.2) is 9.97 Å². The van der Waals surface area contributed by atoms with Crippen molar-refractivity contribution in [3.63, 3.8) is 0 Å². The Morgan fingerprint density at radius 1 is 0.155 bits per heavy atom. The normalized spacial score (nSPS) is 11.1. The summed E-state index contributed by atoms with van der Waals surface area (Å²) in [5.74, 6) is 0. The predicted octanol–water partition coefficient (Wildman–Crippen LogP) is 21.9. The van der Waals surface area contributed by atoms with Crippen LogP contribution < -0.4 is 9.80 Å². The Hall–Kier alpha value is -11.2. The molecule has 0 aliphatic heterocycles. The van der Waals surface area contributed by atoms with Crippen LogP contribution in [0.1, 0.15) is 0 Å². The van der Waals surface area contributed by atoms with E-state index in [9.17, 15) is 0 Å². The highest BCUT2D eigenvalue weighted by molar-refractivity contribution is 6.03. The number of hydrogen-bond donors (Lipinski definition) is 0. The van der Waals surface area contributed by atoms with Gasteiger partial charge in [0.2, 0.25) is 0 Å². The molecule has 14 aromatic rings. The summed E-state index contributed by atoms with van der Waals surface area (Å²) < 4.78 is 0. The van der Waals surface area contributed by atoms with E-state index in [1.54, 1.807) is 0 Å². The van der Waals surface area contributed by atoms with E-state index in [-0.39, 0.29) is 0 Å². The first kappa shape index (κ1) is 51.0. The lowest BCUT2D eigenvalue weighted by Gasteiger charge is -2.25. The van der Waals surface area contributed by atoms with E-state index in [0.717, 1.165) is 123 Å². The second-order valence-electron chi connectivity index (χ2n) is 20.9. The van der Waals surface area contributed by atoms with Crippen LogP contribution in [0.15, 0.2) is 340 Å². The summed E-state index contributed by atoms with van der Waals surface area (Å²) in [6, 6.07) is 121. The molecule has 0 fully saturated rings. The summed E-state index contributed by atoms with van der Waals surface area (Å²) in [6.07, 6.45) is 0. The Balaban J connectivity index is 0.881. The molecule has 0 bridgehead atoms. The molecule has 1 heterocycles. The van der Waals surface area contributed by atoms with Crippen molar-refractivity contribution in [3.05, 3.63) is 340 Å². The zero-order valence-corrected chi connectivity index (χ0v) is 46.1. The van der Waals surface area contributed by atoms with Gasteiger partial charge >= 0.3 is 0 Å². The third-order valence-electron chi connectivity index (χ3n) is 15.7. The summed E-state index contributed by atoms with van der Waals surface area (Å²) in [5, 5.41) is 0. The maximum atomic E-state index is 5.81. The average molecular weight is 1070 g/mol. The van der Waals surface area contributed by atoms with Crippen LogP contribution in [0, 0.1) is 0 Å². The van der Waals surface area contributed by atoms with E-state index in [0.29, 0.717) is 0 Å². The van der Waals surface area contributed by atoms with E-state index in [1.807, 2.05) is 0 Å². The SMILES string of the molecule is c1ccc(-c2ccc(-c3ccc(-c4ccc(-c5ccccc5)cc4)c4nc(-c5ccc(-c6ccc(N(c7ccccc7)c7ccccc7)cc6)cc5)c(-c5ccc(-c6ccc(N(c7ccccc7)c7ccccc7)cc6)cc5)nc34)cc2)cc1. The van der Waals surface area contributed by atoms with Crippen molar-refractivity contribution in [2.45, 2.75) is 0 Å². The van der Waals surface area contributed by atoms with Gasteiger partial charge < -0.3 is 9.80 Å². The Kier molecular flexibility index (Phi) is 14.0. The molecule has 0 aliphatic carbocycles. The second kappa shape index (κ2) is 23.1. The molecule has 396 valence electrons. The summed E-state index contributed by atoms with van der Waals surface area (Å²) in [4.78, 5) is 16.2. The highest BCUT2D eigenvalue weighted by Gasteiger charge is 2.21. The van der Waals surface area contributed by atoms with Crippen LogP contribution in [-0.2, 0) is 0 Å². The molecule has 84 heavy (non-hydrogen) atoms. The minimum absolute atomic E-state index is 0.809. The fourth-order valence-corrected chi connectivity index (χ4v) is 11.4. The van der Waals surface area contributed by atoms with Gasteiger partial charge in [0.15, 0.2) is 0 Å². The topological polar surface area (TPSA) is 32.3 Å². The minimum Gasteiger partial charge on any atom is -0.311 e. The van der Waals surface area contributed by atoms with E-state index in [2.05, 4.69) is 350 Å². The number of aromatic nitrogens is 2. The molecule has 0 amide bonds. The number of anilines is 6. The van der Waals surface area contributed by atoms with Gasteiger partial charge in [-0.3, -0.25) is 0 Å². The fourth-order valence-electron chi connectivity index (χ4n) is 11.4. The molecule has 0 radical (unpaired) electrons. The average Bonchev–Trinajstić information content (AvgIpc) is 3.76. The van der Waals surface area contributed by atoms with Crippen LogP contribution in [0.25, 0.3) is 100 Å². The fraction of sp³-hybridized carbons (Fsp3) is 0. The molecule has 0 aliphatic rings. The molecule has 4 heteroatoms. The molecular formula is C80H56N4. The Morgan fingerprint density at radius 3 is 0.607 bits per heavy atom. The summed E-state index contributed by atoms with van der Waals surface area (Å²) >= 11 is 0. The van der Waals surface area contributed by atoms with Gasteiger partial charge in [-0.25, -0.2) is 9.97 Å². The largest absolute Gasteiger partial charge is 0.311 e. The van der Waals surface area contributed by atoms with Crippen molar-refractivity contribution in [2.75, 3.05) is 9.80 Å². The number of rotatable bonds is 14. The van der Waals surface area contributed by atoms with Crippen molar-refractivity contribution in [1.82, 2.24) is 9.97 Å². The molecule has 1 aromatic heterocycles. The number of benzene rings is 13. The molecule has 0 atom stereocenters. The summed E-state index contributed by atoms with van der Waals surface area (Å²) in [6.45, 7) is 0. The first-order valence-corrected chi connectivity index (χ1v) is 28.5. The maximum absolute atomic E-state index is 5.81. The van der Waals surface area contributed by atoms with Gasteiger partial charge in [0.05, 0.1) is 22.4 Å². The minimum atomic E-state index is 0.809. The van der Waals surface area contributed by atoms with Gasteiger partial charge in [-0.2, -0.15) is 0 Å². The highest BCUT2D eigenvalue weighted by atomic mass is 15.1. The summed E-state index contributed by atoms with van der Waals surface area (Å²) in [5.41, 5.74) is 25.1. The first-order valence-electron chi connectivity index (χ1n) is 28.5.